The lowest BCUT2D eigenvalue weighted by Crippen LogP contribution is -2.33. The molecule has 3 rings (SSSR count). The van der Waals surface area contributed by atoms with Gasteiger partial charge in [-0.3, -0.25) is 9.69 Å². The first-order chi connectivity index (χ1) is 12.2. The average Bonchev–Trinajstić information content (AvgIpc) is 2.63. The fourth-order valence-electron chi connectivity index (χ4n) is 4.02. The van der Waals surface area contributed by atoms with E-state index < -0.39 is 0 Å². The van der Waals surface area contributed by atoms with E-state index in [0.717, 1.165) is 31.0 Å². The van der Waals surface area contributed by atoms with E-state index >= 15 is 0 Å². The number of carbonyl (C=O) groups is 1. The first kappa shape index (κ1) is 18.2. The number of benzene rings is 1. The van der Waals surface area contributed by atoms with Crippen LogP contribution in [0.5, 0.6) is 0 Å². The van der Waals surface area contributed by atoms with Crippen LogP contribution in [0.1, 0.15) is 67.8 Å². The summed E-state index contributed by atoms with van der Waals surface area (Å²) >= 11 is 0. The number of hydrogen-bond donors (Lipinski definition) is 1. The molecule has 25 heavy (non-hydrogen) atoms. The molecule has 1 N–H and O–H groups in total. The van der Waals surface area contributed by atoms with Gasteiger partial charge >= 0.3 is 0 Å². The molecular weight excluding hydrogens is 308 g/mol. The number of hydrogen-bond acceptors (Lipinski definition) is 2. The molecule has 1 amide bonds. The van der Waals surface area contributed by atoms with Crippen molar-refractivity contribution in [3.8, 4) is 0 Å². The number of carbonyl (C=O) groups excluding carboxylic acids is 1. The molecule has 0 saturated carbocycles. The molecule has 0 aromatic heterocycles. The fraction of sp³-hybridized carbons (Fsp3) is 0.591. The molecule has 0 bridgehead atoms. The lowest BCUT2D eigenvalue weighted by atomic mass is 9.97. The highest BCUT2D eigenvalue weighted by atomic mass is 16.1. The normalized spacial score (nSPS) is 21.6. The summed E-state index contributed by atoms with van der Waals surface area (Å²) in [6, 6.07) is 8.16. The van der Waals surface area contributed by atoms with Gasteiger partial charge in [0.25, 0.3) is 5.91 Å². The Labute approximate surface area is 152 Å². The zero-order chi connectivity index (χ0) is 17.5. The summed E-state index contributed by atoms with van der Waals surface area (Å²) in [5, 5.41) is 3.06. The summed E-state index contributed by atoms with van der Waals surface area (Å²) in [6.07, 6.45) is 11.0. The molecule has 1 saturated heterocycles. The van der Waals surface area contributed by atoms with E-state index in [0.29, 0.717) is 0 Å². The maximum Gasteiger partial charge on any atom is 0.251 e. The van der Waals surface area contributed by atoms with Crippen molar-refractivity contribution in [2.24, 2.45) is 5.92 Å². The molecule has 3 heteroatoms. The summed E-state index contributed by atoms with van der Waals surface area (Å²) in [4.78, 5) is 14.8. The molecular formula is C22H32N2O. The van der Waals surface area contributed by atoms with Gasteiger partial charge in [0, 0.05) is 25.2 Å². The maximum atomic E-state index is 12.3. The van der Waals surface area contributed by atoms with Gasteiger partial charge in [0.1, 0.15) is 0 Å². The number of rotatable bonds is 6. The predicted molar refractivity (Wildman–Crippen MR) is 104 cm³/mol. The second kappa shape index (κ2) is 9.19. The second-order valence-corrected chi connectivity index (χ2v) is 7.79. The summed E-state index contributed by atoms with van der Waals surface area (Å²) in [7, 11) is 0. The molecule has 2 aliphatic rings. The SMILES string of the molecule is C[C@@H]1CCCN(Cc2ccc(C(=O)NCCC3=CCCCC3)cc2)C1. The van der Waals surface area contributed by atoms with E-state index in [1.54, 1.807) is 0 Å². The van der Waals surface area contributed by atoms with Gasteiger partial charge in [0.2, 0.25) is 0 Å². The van der Waals surface area contributed by atoms with Crippen LogP contribution in [-0.4, -0.2) is 30.4 Å². The third-order valence-corrected chi connectivity index (χ3v) is 5.48. The van der Waals surface area contributed by atoms with Crippen LogP contribution in [-0.2, 0) is 6.54 Å². The zero-order valence-corrected chi connectivity index (χ0v) is 15.6. The van der Waals surface area contributed by atoms with Gasteiger partial charge in [-0.15, -0.1) is 0 Å². The Morgan fingerprint density at radius 2 is 2.04 bits per heavy atom. The Morgan fingerprint density at radius 1 is 1.20 bits per heavy atom. The summed E-state index contributed by atoms with van der Waals surface area (Å²) in [5.74, 6) is 0.854. The van der Waals surface area contributed by atoms with Crippen molar-refractivity contribution in [2.45, 2.75) is 58.4 Å². The molecule has 0 unspecified atom stereocenters. The monoisotopic (exact) mass is 340 g/mol. The minimum Gasteiger partial charge on any atom is -0.352 e. The van der Waals surface area contributed by atoms with Gasteiger partial charge in [-0.05, 0) is 75.1 Å². The van der Waals surface area contributed by atoms with E-state index in [9.17, 15) is 4.79 Å². The number of allylic oxidation sites excluding steroid dienone is 1. The Kier molecular flexibility index (Phi) is 6.69. The van der Waals surface area contributed by atoms with Crippen molar-refractivity contribution < 1.29 is 4.79 Å². The highest BCUT2D eigenvalue weighted by molar-refractivity contribution is 5.94. The fourth-order valence-corrected chi connectivity index (χ4v) is 4.02. The molecule has 1 aromatic carbocycles. The minimum absolute atomic E-state index is 0.0505. The largest absolute Gasteiger partial charge is 0.352 e. The Balaban J connectivity index is 1.44. The first-order valence-corrected chi connectivity index (χ1v) is 9.98. The van der Waals surface area contributed by atoms with Crippen LogP contribution < -0.4 is 5.32 Å². The quantitative estimate of drug-likeness (QED) is 0.771. The highest BCUT2D eigenvalue weighted by Crippen LogP contribution is 2.20. The van der Waals surface area contributed by atoms with Gasteiger partial charge in [-0.2, -0.15) is 0 Å². The van der Waals surface area contributed by atoms with Crippen LogP contribution in [0.3, 0.4) is 0 Å². The predicted octanol–water partition coefficient (Wildman–Crippen LogP) is 4.54. The number of likely N-dealkylation sites (tertiary alicyclic amines) is 1. The van der Waals surface area contributed by atoms with Crippen molar-refractivity contribution in [3.05, 3.63) is 47.0 Å². The smallest absolute Gasteiger partial charge is 0.251 e. The van der Waals surface area contributed by atoms with E-state index in [-0.39, 0.29) is 5.91 Å². The topological polar surface area (TPSA) is 32.3 Å². The molecule has 1 aromatic rings. The van der Waals surface area contributed by atoms with Crippen molar-refractivity contribution in [1.29, 1.82) is 0 Å². The number of nitrogens with one attached hydrogen (secondary N) is 1. The molecule has 1 atom stereocenters. The molecule has 1 aliphatic heterocycles. The van der Waals surface area contributed by atoms with Gasteiger partial charge in [-0.1, -0.05) is 30.7 Å². The second-order valence-electron chi connectivity index (χ2n) is 7.79. The molecule has 0 spiro atoms. The van der Waals surface area contributed by atoms with E-state index in [1.165, 1.54) is 62.8 Å². The van der Waals surface area contributed by atoms with Crippen LogP contribution in [0, 0.1) is 5.92 Å². The van der Waals surface area contributed by atoms with Gasteiger partial charge in [-0.25, -0.2) is 0 Å². The molecule has 0 radical (unpaired) electrons. The molecule has 136 valence electrons. The van der Waals surface area contributed by atoms with Crippen LogP contribution in [0.2, 0.25) is 0 Å². The van der Waals surface area contributed by atoms with E-state index in [2.05, 4.69) is 35.3 Å². The van der Waals surface area contributed by atoms with Crippen LogP contribution in [0.25, 0.3) is 0 Å². The average molecular weight is 341 g/mol. The van der Waals surface area contributed by atoms with Gasteiger partial charge in [0.05, 0.1) is 0 Å². The summed E-state index contributed by atoms with van der Waals surface area (Å²) in [6.45, 7) is 6.47. The van der Waals surface area contributed by atoms with E-state index in [4.69, 9.17) is 0 Å². The number of nitrogens with zero attached hydrogens (tertiary/aromatic N) is 1. The van der Waals surface area contributed by atoms with E-state index in [1.807, 2.05) is 12.1 Å². The Morgan fingerprint density at radius 3 is 2.76 bits per heavy atom. The number of piperidine rings is 1. The van der Waals surface area contributed by atoms with Crippen LogP contribution in [0.4, 0.5) is 0 Å². The lowest BCUT2D eigenvalue weighted by molar-refractivity contribution is 0.0954. The summed E-state index contributed by atoms with van der Waals surface area (Å²) in [5.41, 5.74) is 3.59. The van der Waals surface area contributed by atoms with Crippen LogP contribution >= 0.6 is 0 Å². The first-order valence-electron chi connectivity index (χ1n) is 9.98. The number of amides is 1. The highest BCUT2D eigenvalue weighted by Gasteiger charge is 2.16. The molecule has 3 nitrogen and oxygen atoms in total. The standard InChI is InChI=1S/C22H32N2O/c1-18-6-5-15-24(16-18)17-20-9-11-21(12-10-20)22(25)23-14-13-19-7-3-2-4-8-19/h7,9-12,18H,2-6,8,13-17H2,1H3,(H,23,25)/t18-/m1/s1. The third kappa shape index (κ3) is 5.71. The molecule has 1 aliphatic carbocycles. The molecule has 1 heterocycles. The van der Waals surface area contributed by atoms with Crippen molar-refractivity contribution >= 4 is 5.91 Å². The Bertz CT molecular complexity index is 591. The van der Waals surface area contributed by atoms with Gasteiger partial charge in [0.15, 0.2) is 0 Å². The minimum atomic E-state index is 0.0505. The van der Waals surface area contributed by atoms with Crippen molar-refractivity contribution in [3.63, 3.8) is 0 Å². The Hall–Kier alpha value is -1.61. The summed E-state index contributed by atoms with van der Waals surface area (Å²) < 4.78 is 0. The van der Waals surface area contributed by atoms with Crippen molar-refractivity contribution in [2.75, 3.05) is 19.6 Å². The van der Waals surface area contributed by atoms with Crippen LogP contribution in [0.15, 0.2) is 35.9 Å². The third-order valence-electron chi connectivity index (χ3n) is 5.48. The van der Waals surface area contributed by atoms with Gasteiger partial charge < -0.3 is 5.32 Å². The molecule has 1 fully saturated rings. The van der Waals surface area contributed by atoms with Crippen molar-refractivity contribution in [1.82, 2.24) is 10.2 Å². The zero-order valence-electron chi connectivity index (χ0n) is 15.6. The lowest BCUT2D eigenvalue weighted by Gasteiger charge is -2.30. The maximum absolute atomic E-state index is 12.3.